The van der Waals surface area contributed by atoms with E-state index in [-0.39, 0.29) is 5.91 Å². The van der Waals surface area contributed by atoms with Crippen molar-refractivity contribution >= 4 is 33.4 Å². The maximum absolute atomic E-state index is 11.1. The molecule has 0 aliphatic carbocycles. The molecule has 0 aliphatic heterocycles. The summed E-state index contributed by atoms with van der Waals surface area (Å²) in [5.41, 5.74) is 0.591. The number of hydrogen-bond acceptors (Lipinski definition) is 1. The van der Waals surface area contributed by atoms with Crippen molar-refractivity contribution < 1.29 is 4.79 Å². The minimum atomic E-state index is -0.118. The Morgan fingerprint density at radius 3 is 2.75 bits per heavy atom. The highest BCUT2D eigenvalue weighted by molar-refractivity contribution is 9.10. The first kappa shape index (κ1) is 9.55. The smallest absolute Gasteiger partial charge is 0.251 e. The second-order valence-electron chi connectivity index (χ2n) is 2.21. The van der Waals surface area contributed by atoms with Crippen LogP contribution in [0.15, 0.2) is 22.7 Å². The number of rotatable bonds is 1. The molecule has 0 saturated carbocycles. The quantitative estimate of drug-likeness (QED) is 0.813. The summed E-state index contributed by atoms with van der Waals surface area (Å²) in [6.07, 6.45) is 0. The van der Waals surface area contributed by atoms with Gasteiger partial charge in [-0.1, -0.05) is 11.6 Å². The van der Waals surface area contributed by atoms with Crippen molar-refractivity contribution in [3.05, 3.63) is 33.3 Å². The Morgan fingerprint density at radius 1 is 1.58 bits per heavy atom. The maximum Gasteiger partial charge on any atom is 0.251 e. The summed E-state index contributed by atoms with van der Waals surface area (Å²) >= 11 is 8.98. The van der Waals surface area contributed by atoms with E-state index in [0.717, 1.165) is 4.47 Å². The van der Waals surface area contributed by atoms with E-state index in [1.54, 1.807) is 25.2 Å². The Morgan fingerprint density at radius 2 is 2.25 bits per heavy atom. The molecule has 0 fully saturated rings. The van der Waals surface area contributed by atoms with Crippen molar-refractivity contribution in [2.24, 2.45) is 0 Å². The third-order valence-electron chi connectivity index (χ3n) is 1.41. The highest BCUT2D eigenvalue weighted by atomic mass is 79.9. The van der Waals surface area contributed by atoms with Gasteiger partial charge in [0.05, 0.1) is 5.02 Å². The minimum absolute atomic E-state index is 0.118. The van der Waals surface area contributed by atoms with E-state index in [9.17, 15) is 4.79 Å². The Balaban J connectivity index is 3.05. The van der Waals surface area contributed by atoms with Gasteiger partial charge in [0.2, 0.25) is 0 Å². The number of hydrogen-bond donors (Lipinski definition) is 1. The minimum Gasteiger partial charge on any atom is -0.355 e. The molecule has 0 atom stereocenters. The van der Waals surface area contributed by atoms with Gasteiger partial charge < -0.3 is 5.32 Å². The van der Waals surface area contributed by atoms with Gasteiger partial charge in [-0.15, -0.1) is 0 Å². The Bertz CT molecular complexity index is 314. The molecule has 0 aliphatic rings. The van der Waals surface area contributed by atoms with Crippen LogP contribution in [0.4, 0.5) is 0 Å². The number of amides is 1. The van der Waals surface area contributed by atoms with Gasteiger partial charge in [-0.05, 0) is 34.1 Å². The van der Waals surface area contributed by atoms with E-state index in [1.807, 2.05) is 0 Å². The summed E-state index contributed by atoms with van der Waals surface area (Å²) in [4.78, 5) is 11.1. The van der Waals surface area contributed by atoms with Gasteiger partial charge in [0.15, 0.2) is 0 Å². The van der Waals surface area contributed by atoms with Crippen LogP contribution in [-0.2, 0) is 0 Å². The molecule has 4 heteroatoms. The van der Waals surface area contributed by atoms with E-state index in [0.29, 0.717) is 10.6 Å². The predicted molar refractivity (Wildman–Crippen MR) is 52.5 cm³/mol. The van der Waals surface area contributed by atoms with Crippen LogP contribution in [0.3, 0.4) is 0 Å². The van der Waals surface area contributed by atoms with Gasteiger partial charge in [-0.3, -0.25) is 4.79 Å². The molecule has 1 amide bonds. The fourth-order valence-electron chi connectivity index (χ4n) is 0.782. The van der Waals surface area contributed by atoms with E-state index >= 15 is 0 Å². The first-order valence-corrected chi connectivity index (χ1v) is 4.49. The van der Waals surface area contributed by atoms with Crippen molar-refractivity contribution in [2.45, 2.75) is 0 Å². The molecule has 0 heterocycles. The summed E-state index contributed by atoms with van der Waals surface area (Å²) in [7, 11) is 1.59. The average Bonchev–Trinajstić information content (AvgIpc) is 2.08. The fraction of sp³-hybridized carbons (Fsp3) is 0.125. The van der Waals surface area contributed by atoms with Crippen LogP contribution >= 0.6 is 27.5 Å². The lowest BCUT2D eigenvalue weighted by molar-refractivity contribution is 0.0963. The SMILES string of the molecule is CNC(=O)c1ccc(Cl)c(Br)c1. The topological polar surface area (TPSA) is 29.1 Å². The van der Waals surface area contributed by atoms with Crippen LogP contribution < -0.4 is 5.32 Å². The molecule has 1 N–H and O–H groups in total. The second kappa shape index (κ2) is 3.92. The summed E-state index contributed by atoms with van der Waals surface area (Å²) in [6.45, 7) is 0. The molecule has 2 nitrogen and oxygen atoms in total. The fourth-order valence-corrected chi connectivity index (χ4v) is 1.28. The second-order valence-corrected chi connectivity index (χ2v) is 3.47. The molecular formula is C8H7BrClNO. The van der Waals surface area contributed by atoms with Crippen LogP contribution in [0.25, 0.3) is 0 Å². The van der Waals surface area contributed by atoms with Gasteiger partial charge in [-0.2, -0.15) is 0 Å². The van der Waals surface area contributed by atoms with Crippen molar-refractivity contribution in [1.82, 2.24) is 5.32 Å². The third-order valence-corrected chi connectivity index (χ3v) is 2.62. The molecule has 0 radical (unpaired) electrons. The standard InChI is InChI=1S/C8H7BrClNO/c1-11-8(12)5-2-3-7(10)6(9)4-5/h2-4H,1H3,(H,11,12). The van der Waals surface area contributed by atoms with Crippen molar-refractivity contribution in [2.75, 3.05) is 7.05 Å². The molecule has 0 unspecified atom stereocenters. The predicted octanol–water partition coefficient (Wildman–Crippen LogP) is 2.46. The number of carbonyl (C=O) groups excluding carboxylic acids is 1. The molecule has 0 bridgehead atoms. The third kappa shape index (κ3) is 1.99. The van der Waals surface area contributed by atoms with Crippen LogP contribution in [0.5, 0.6) is 0 Å². The Hall–Kier alpha value is -0.540. The monoisotopic (exact) mass is 247 g/mol. The molecule has 12 heavy (non-hydrogen) atoms. The summed E-state index contributed by atoms with van der Waals surface area (Å²) in [6, 6.07) is 5.03. The Labute approximate surface area is 84.0 Å². The summed E-state index contributed by atoms with van der Waals surface area (Å²) in [5, 5.41) is 3.12. The zero-order valence-corrected chi connectivity index (χ0v) is 8.74. The van der Waals surface area contributed by atoms with Crippen molar-refractivity contribution in [3.8, 4) is 0 Å². The molecule has 1 aromatic carbocycles. The molecule has 1 aromatic rings. The number of carbonyl (C=O) groups is 1. The number of halogens is 2. The highest BCUT2D eigenvalue weighted by Gasteiger charge is 2.04. The van der Waals surface area contributed by atoms with Gasteiger partial charge >= 0.3 is 0 Å². The first-order chi connectivity index (χ1) is 5.65. The Kier molecular flexibility index (Phi) is 3.12. The maximum atomic E-state index is 11.1. The van der Waals surface area contributed by atoms with E-state index in [4.69, 9.17) is 11.6 Å². The van der Waals surface area contributed by atoms with E-state index in [1.165, 1.54) is 0 Å². The lowest BCUT2D eigenvalue weighted by Gasteiger charge is -2.00. The van der Waals surface area contributed by atoms with Crippen LogP contribution in [0.2, 0.25) is 5.02 Å². The van der Waals surface area contributed by atoms with Gasteiger partial charge in [-0.25, -0.2) is 0 Å². The average molecular weight is 249 g/mol. The molecular weight excluding hydrogens is 241 g/mol. The van der Waals surface area contributed by atoms with Crippen LogP contribution in [0, 0.1) is 0 Å². The van der Waals surface area contributed by atoms with Gasteiger partial charge in [0.1, 0.15) is 0 Å². The molecule has 1 rings (SSSR count). The summed E-state index contributed by atoms with van der Waals surface area (Å²) in [5.74, 6) is -0.118. The molecule has 0 aromatic heterocycles. The van der Waals surface area contributed by atoms with Crippen LogP contribution in [-0.4, -0.2) is 13.0 Å². The van der Waals surface area contributed by atoms with Gasteiger partial charge in [0.25, 0.3) is 5.91 Å². The highest BCUT2D eigenvalue weighted by Crippen LogP contribution is 2.22. The zero-order valence-electron chi connectivity index (χ0n) is 6.40. The van der Waals surface area contributed by atoms with E-state index in [2.05, 4.69) is 21.2 Å². The first-order valence-electron chi connectivity index (χ1n) is 3.32. The van der Waals surface area contributed by atoms with Crippen molar-refractivity contribution in [3.63, 3.8) is 0 Å². The van der Waals surface area contributed by atoms with Gasteiger partial charge in [0, 0.05) is 17.1 Å². The zero-order chi connectivity index (χ0) is 9.14. The number of nitrogens with one attached hydrogen (secondary N) is 1. The molecule has 0 spiro atoms. The normalized spacial score (nSPS) is 9.58. The lowest BCUT2D eigenvalue weighted by Crippen LogP contribution is -2.17. The van der Waals surface area contributed by atoms with Crippen LogP contribution in [0.1, 0.15) is 10.4 Å². The largest absolute Gasteiger partial charge is 0.355 e. The lowest BCUT2D eigenvalue weighted by atomic mass is 10.2. The molecule has 64 valence electrons. The van der Waals surface area contributed by atoms with Crippen molar-refractivity contribution in [1.29, 1.82) is 0 Å². The summed E-state index contributed by atoms with van der Waals surface area (Å²) < 4.78 is 0.727. The number of benzene rings is 1. The van der Waals surface area contributed by atoms with E-state index < -0.39 is 0 Å². The molecule has 0 saturated heterocycles.